The Labute approximate surface area is 321 Å². The maximum absolute atomic E-state index is 15.2. The number of carbonyl (C=O) groups excluding carboxylic acids is 2. The zero-order valence-corrected chi connectivity index (χ0v) is 31.0. The van der Waals surface area contributed by atoms with E-state index in [2.05, 4.69) is 38.3 Å². The number of nitrogens with zero attached hydrogens (tertiary/aromatic N) is 4. The number of nitriles is 2. The first-order valence-corrected chi connectivity index (χ1v) is 18.4. The summed E-state index contributed by atoms with van der Waals surface area (Å²) in [5.41, 5.74) is 6.11. The van der Waals surface area contributed by atoms with Crippen molar-refractivity contribution >= 4 is 11.8 Å². The van der Waals surface area contributed by atoms with E-state index in [-0.39, 0.29) is 36.8 Å². The minimum atomic E-state index is -1.42. The van der Waals surface area contributed by atoms with Gasteiger partial charge in [0.1, 0.15) is 29.5 Å². The van der Waals surface area contributed by atoms with E-state index in [4.69, 9.17) is 14.2 Å². The van der Waals surface area contributed by atoms with Crippen LogP contribution in [0.15, 0.2) is 104 Å². The van der Waals surface area contributed by atoms with Crippen molar-refractivity contribution in [3.8, 4) is 51.6 Å². The Morgan fingerprint density at radius 3 is 1.96 bits per heavy atom. The predicted octanol–water partition coefficient (Wildman–Crippen LogP) is 7.79. The third-order valence-electron chi connectivity index (χ3n) is 10.3. The molecule has 4 aromatic carbocycles. The van der Waals surface area contributed by atoms with Crippen LogP contribution in [0.1, 0.15) is 47.9 Å². The molecular formula is C45H43FN4O5. The Morgan fingerprint density at radius 2 is 1.38 bits per heavy atom. The lowest BCUT2D eigenvalue weighted by atomic mass is 9.86. The fourth-order valence-electron chi connectivity index (χ4n) is 7.48. The molecule has 4 aromatic rings. The summed E-state index contributed by atoms with van der Waals surface area (Å²) in [6, 6.07) is 29.0. The van der Waals surface area contributed by atoms with Crippen LogP contribution in [-0.2, 0) is 16.0 Å². The van der Waals surface area contributed by atoms with Crippen molar-refractivity contribution in [2.75, 3.05) is 33.3 Å². The zero-order chi connectivity index (χ0) is 39.1. The Hall–Kier alpha value is -6.39. The average molecular weight is 739 g/mol. The minimum absolute atomic E-state index is 0.102. The second-order valence-electron chi connectivity index (χ2n) is 13.7. The van der Waals surface area contributed by atoms with E-state index in [1.165, 1.54) is 17.1 Å². The molecule has 0 aromatic heterocycles. The highest BCUT2D eigenvalue weighted by atomic mass is 19.1. The summed E-state index contributed by atoms with van der Waals surface area (Å²) in [7, 11) is 1.56. The molecule has 0 aliphatic carbocycles. The lowest BCUT2D eigenvalue weighted by molar-refractivity contribution is -0.130. The predicted molar refractivity (Wildman–Crippen MR) is 208 cm³/mol. The summed E-state index contributed by atoms with van der Waals surface area (Å²) in [6.07, 6.45) is 1.58. The van der Waals surface area contributed by atoms with Gasteiger partial charge in [-0.05, 0) is 88.9 Å². The molecule has 55 heavy (non-hydrogen) atoms. The van der Waals surface area contributed by atoms with Gasteiger partial charge in [-0.1, -0.05) is 56.5 Å². The highest BCUT2D eigenvalue weighted by molar-refractivity contribution is 5.87. The third-order valence-corrected chi connectivity index (χ3v) is 10.3. The maximum atomic E-state index is 15.2. The first-order valence-electron chi connectivity index (χ1n) is 18.4. The molecule has 0 bridgehead atoms. The van der Waals surface area contributed by atoms with Gasteiger partial charge in [0.05, 0.1) is 36.9 Å². The van der Waals surface area contributed by atoms with Crippen molar-refractivity contribution in [3.05, 3.63) is 126 Å². The van der Waals surface area contributed by atoms with E-state index < -0.39 is 12.3 Å². The van der Waals surface area contributed by atoms with E-state index in [1.807, 2.05) is 48.5 Å². The first kappa shape index (κ1) is 38.3. The summed E-state index contributed by atoms with van der Waals surface area (Å²) in [6.45, 7) is 10.3. The Morgan fingerprint density at radius 1 is 0.800 bits per heavy atom. The SMILES string of the molecule is C=CC(=O)N1CCC(Oc2cc(C#N)cc(-c3ccccc3CC)c2)C(c2ccc(-c3cc(C#N)cc(O[C@H]4CCN(C(=O)C=C)C[C@@H]4F)c3)c(OC)c2)C1. The molecule has 0 N–H and O–H groups in total. The molecule has 9 nitrogen and oxygen atoms in total. The number of hydrogen-bond acceptors (Lipinski definition) is 7. The molecule has 2 unspecified atom stereocenters. The van der Waals surface area contributed by atoms with Crippen LogP contribution < -0.4 is 14.2 Å². The third kappa shape index (κ3) is 8.55. The van der Waals surface area contributed by atoms with Crippen molar-refractivity contribution < 1.29 is 28.2 Å². The number of halogens is 1. The molecule has 10 heteroatoms. The molecule has 2 aliphatic rings. The van der Waals surface area contributed by atoms with E-state index in [9.17, 15) is 20.1 Å². The Kier molecular flexibility index (Phi) is 12.0. The maximum Gasteiger partial charge on any atom is 0.246 e. The number of methoxy groups -OCH3 is 1. The molecule has 4 atom stereocenters. The molecule has 2 saturated heterocycles. The second-order valence-corrected chi connectivity index (χ2v) is 13.7. The lowest BCUT2D eigenvalue weighted by Gasteiger charge is -2.38. The molecule has 6 rings (SSSR count). The van der Waals surface area contributed by atoms with Crippen LogP contribution in [0.3, 0.4) is 0 Å². The highest BCUT2D eigenvalue weighted by Gasteiger charge is 2.35. The summed E-state index contributed by atoms with van der Waals surface area (Å²) in [5, 5.41) is 19.8. The number of piperidine rings is 2. The summed E-state index contributed by atoms with van der Waals surface area (Å²) < 4.78 is 33.9. The van der Waals surface area contributed by atoms with Crippen LogP contribution in [0, 0.1) is 22.7 Å². The number of carbonyl (C=O) groups is 2. The number of benzene rings is 4. The highest BCUT2D eigenvalue weighted by Crippen LogP contribution is 2.39. The van der Waals surface area contributed by atoms with Crippen LogP contribution in [0.4, 0.5) is 4.39 Å². The fraction of sp³-hybridized carbons (Fsp3) is 0.289. The molecule has 0 radical (unpaired) electrons. The van der Waals surface area contributed by atoms with Gasteiger partial charge in [-0.3, -0.25) is 9.59 Å². The number of amides is 2. The van der Waals surface area contributed by atoms with Gasteiger partial charge in [-0.2, -0.15) is 10.5 Å². The van der Waals surface area contributed by atoms with Crippen LogP contribution in [0.2, 0.25) is 0 Å². The molecule has 0 saturated carbocycles. The number of alkyl halides is 1. The second kappa shape index (κ2) is 17.2. The average Bonchev–Trinajstić information content (AvgIpc) is 3.23. The van der Waals surface area contributed by atoms with Gasteiger partial charge in [0, 0.05) is 44.0 Å². The normalized spacial score (nSPS) is 19.4. The van der Waals surface area contributed by atoms with Crippen molar-refractivity contribution in [1.82, 2.24) is 9.80 Å². The van der Waals surface area contributed by atoms with Crippen LogP contribution >= 0.6 is 0 Å². The number of rotatable bonds is 11. The number of likely N-dealkylation sites (tertiary alicyclic amines) is 2. The largest absolute Gasteiger partial charge is 0.496 e. The van der Waals surface area contributed by atoms with E-state index >= 15 is 4.39 Å². The zero-order valence-electron chi connectivity index (χ0n) is 31.0. The van der Waals surface area contributed by atoms with E-state index in [1.54, 1.807) is 36.3 Å². The first-order chi connectivity index (χ1) is 26.7. The topological polar surface area (TPSA) is 116 Å². The standard InChI is InChI=1S/C45H43FN4O5/c1-5-31-10-8-9-11-37(31)33-18-29(25-47)20-35(22-33)54-41-14-16-49(44(51)6-2)27-39(41)32-12-13-38(43(24-32)53-4)34-19-30(26-48)21-36(23-34)55-42-15-17-50(28-40(42)46)45(52)7-3/h6-13,18-24,39-42H,2-3,5,14-17,27-28H2,1,4H3/t39?,40-,41?,42-/m0/s1. The van der Waals surface area contributed by atoms with Crippen LogP contribution in [0.25, 0.3) is 22.3 Å². The number of ether oxygens (including phenoxy) is 3. The monoisotopic (exact) mass is 738 g/mol. The van der Waals surface area contributed by atoms with Crippen molar-refractivity contribution in [2.45, 2.75) is 50.5 Å². The van der Waals surface area contributed by atoms with Gasteiger partial charge >= 0.3 is 0 Å². The molecule has 2 fully saturated rings. The molecule has 2 amide bonds. The summed E-state index contributed by atoms with van der Waals surface area (Å²) >= 11 is 0. The number of hydrogen-bond donors (Lipinski definition) is 0. The van der Waals surface area contributed by atoms with E-state index in [0.717, 1.165) is 28.7 Å². The Bertz CT molecular complexity index is 2190. The van der Waals surface area contributed by atoms with Gasteiger partial charge in [0.2, 0.25) is 11.8 Å². The molecule has 2 aliphatic heterocycles. The van der Waals surface area contributed by atoms with Gasteiger partial charge in [-0.25, -0.2) is 4.39 Å². The minimum Gasteiger partial charge on any atom is -0.496 e. The lowest BCUT2D eigenvalue weighted by Crippen LogP contribution is -2.48. The van der Waals surface area contributed by atoms with Crippen LogP contribution in [0.5, 0.6) is 17.2 Å². The van der Waals surface area contributed by atoms with Crippen molar-refractivity contribution in [2.24, 2.45) is 0 Å². The van der Waals surface area contributed by atoms with E-state index in [0.29, 0.717) is 65.6 Å². The number of aryl methyl sites for hydroxylation is 1. The van der Waals surface area contributed by atoms with Gasteiger partial charge in [-0.15, -0.1) is 0 Å². The van der Waals surface area contributed by atoms with Crippen LogP contribution in [-0.4, -0.2) is 73.3 Å². The molecular weight excluding hydrogens is 696 g/mol. The summed E-state index contributed by atoms with van der Waals surface area (Å²) in [4.78, 5) is 28.0. The van der Waals surface area contributed by atoms with Crippen molar-refractivity contribution in [3.63, 3.8) is 0 Å². The van der Waals surface area contributed by atoms with Crippen molar-refractivity contribution in [1.29, 1.82) is 10.5 Å². The quantitative estimate of drug-likeness (QED) is 0.144. The fourth-order valence-corrected chi connectivity index (χ4v) is 7.48. The molecule has 280 valence electrons. The molecule has 0 spiro atoms. The summed E-state index contributed by atoms with van der Waals surface area (Å²) in [5.74, 6) is 0.641. The van der Waals surface area contributed by atoms with Gasteiger partial charge in [0.25, 0.3) is 0 Å². The smallest absolute Gasteiger partial charge is 0.246 e. The molecule has 2 heterocycles. The van der Waals surface area contributed by atoms with Gasteiger partial charge < -0.3 is 24.0 Å². The van der Waals surface area contributed by atoms with Gasteiger partial charge in [0.15, 0.2) is 6.17 Å². The Balaban J connectivity index is 1.31.